The summed E-state index contributed by atoms with van der Waals surface area (Å²) in [6.07, 6.45) is 2.02. The number of carbonyl (C=O) groups excluding carboxylic acids is 1. The van der Waals surface area contributed by atoms with Crippen molar-refractivity contribution in [1.29, 1.82) is 0 Å². The maximum absolute atomic E-state index is 12.3. The Hall–Kier alpha value is -1.75. The van der Waals surface area contributed by atoms with Crippen LogP contribution >= 0.6 is 11.3 Å². The van der Waals surface area contributed by atoms with E-state index in [0.29, 0.717) is 11.7 Å². The molecule has 1 aliphatic carbocycles. The molecule has 1 aromatic carbocycles. The molecule has 0 aliphatic heterocycles. The molecule has 0 atom stereocenters. The number of aromatic nitrogens is 2. The minimum absolute atomic E-state index is 0.139. The zero-order valence-corrected chi connectivity index (χ0v) is 15.0. The number of hydrogen-bond donors (Lipinski definition) is 0. The predicted octanol–water partition coefficient (Wildman–Crippen LogP) is 4.27. The number of rotatable bonds is 4. The van der Waals surface area contributed by atoms with Crippen molar-refractivity contribution in [3.63, 3.8) is 0 Å². The van der Waals surface area contributed by atoms with Gasteiger partial charge < -0.3 is 0 Å². The lowest BCUT2D eigenvalue weighted by Crippen LogP contribution is -2.31. The van der Waals surface area contributed by atoms with Crippen LogP contribution in [0.15, 0.2) is 24.3 Å². The van der Waals surface area contributed by atoms with Crippen LogP contribution in [0.2, 0.25) is 0 Å². The van der Waals surface area contributed by atoms with E-state index >= 15 is 0 Å². The normalized spacial score (nSPS) is 14.8. The molecule has 1 aliphatic rings. The monoisotopic (exact) mass is 329 g/mol. The zero-order valence-electron chi connectivity index (χ0n) is 14.2. The quantitative estimate of drug-likeness (QED) is 0.841. The Balaban J connectivity index is 1.82. The average Bonchev–Trinajstić information content (AvgIpc) is 3.26. The van der Waals surface area contributed by atoms with E-state index in [2.05, 4.69) is 55.2 Å². The van der Waals surface area contributed by atoms with Gasteiger partial charge in [0.05, 0.1) is 0 Å². The van der Waals surface area contributed by atoms with Crippen LogP contribution in [0.4, 0.5) is 5.13 Å². The molecular formula is C18H23N3OS. The second-order valence-electron chi connectivity index (χ2n) is 7.07. The minimum Gasteiger partial charge on any atom is -0.287 e. The standard InChI is InChI=1S/C18H23N3OS/c1-5-21(16(22)13-6-7-13)17-20-19-15(23-17)12-8-10-14(11-9-12)18(2,3)4/h8-11,13H,5-7H2,1-4H3. The van der Waals surface area contributed by atoms with Crippen molar-refractivity contribution in [1.82, 2.24) is 10.2 Å². The highest BCUT2D eigenvalue weighted by Gasteiger charge is 2.34. The Kier molecular flexibility index (Phi) is 4.23. The number of hydrogen-bond acceptors (Lipinski definition) is 4. The van der Waals surface area contributed by atoms with E-state index in [4.69, 9.17) is 0 Å². The summed E-state index contributed by atoms with van der Waals surface area (Å²) in [6, 6.07) is 8.46. The van der Waals surface area contributed by atoms with Gasteiger partial charge >= 0.3 is 0 Å². The minimum atomic E-state index is 0.139. The van der Waals surface area contributed by atoms with Gasteiger partial charge in [-0.05, 0) is 30.7 Å². The summed E-state index contributed by atoms with van der Waals surface area (Å²) in [7, 11) is 0. The molecule has 0 N–H and O–H groups in total. The van der Waals surface area contributed by atoms with Crippen molar-refractivity contribution in [2.24, 2.45) is 5.92 Å². The fraction of sp³-hybridized carbons (Fsp3) is 0.500. The summed E-state index contributed by atoms with van der Waals surface area (Å²) in [5.41, 5.74) is 2.49. The SMILES string of the molecule is CCN(C(=O)C1CC1)c1nnc(-c2ccc(C(C)(C)C)cc2)s1. The molecule has 1 heterocycles. The summed E-state index contributed by atoms with van der Waals surface area (Å²) >= 11 is 1.49. The molecule has 0 radical (unpaired) electrons. The molecule has 4 nitrogen and oxygen atoms in total. The van der Waals surface area contributed by atoms with E-state index in [1.54, 1.807) is 4.90 Å². The summed E-state index contributed by atoms with van der Waals surface area (Å²) in [4.78, 5) is 14.1. The van der Waals surface area contributed by atoms with Crippen LogP contribution in [-0.2, 0) is 10.2 Å². The van der Waals surface area contributed by atoms with E-state index < -0.39 is 0 Å². The fourth-order valence-corrected chi connectivity index (χ4v) is 3.41. The van der Waals surface area contributed by atoms with Crippen LogP contribution in [0.25, 0.3) is 10.6 Å². The van der Waals surface area contributed by atoms with E-state index in [1.807, 2.05) is 6.92 Å². The first-order valence-electron chi connectivity index (χ1n) is 8.16. The van der Waals surface area contributed by atoms with Crippen molar-refractivity contribution >= 4 is 22.4 Å². The van der Waals surface area contributed by atoms with Gasteiger partial charge in [0.15, 0.2) is 0 Å². The molecule has 2 aromatic rings. The maximum Gasteiger partial charge on any atom is 0.231 e. The number of amides is 1. The summed E-state index contributed by atoms with van der Waals surface area (Å²) < 4.78 is 0. The number of nitrogens with zero attached hydrogens (tertiary/aromatic N) is 3. The first-order valence-corrected chi connectivity index (χ1v) is 8.97. The van der Waals surface area contributed by atoms with Crippen molar-refractivity contribution in [2.75, 3.05) is 11.4 Å². The molecule has 5 heteroatoms. The lowest BCUT2D eigenvalue weighted by molar-refractivity contribution is -0.119. The molecule has 1 amide bonds. The number of carbonyl (C=O) groups is 1. The van der Waals surface area contributed by atoms with E-state index in [1.165, 1.54) is 16.9 Å². The first-order chi connectivity index (χ1) is 10.9. The summed E-state index contributed by atoms with van der Waals surface area (Å²) in [5, 5.41) is 10.1. The third kappa shape index (κ3) is 3.44. The van der Waals surface area contributed by atoms with Crippen LogP contribution in [0.5, 0.6) is 0 Å². The van der Waals surface area contributed by atoms with Crippen molar-refractivity contribution in [3.05, 3.63) is 29.8 Å². The van der Waals surface area contributed by atoms with Crippen LogP contribution in [0.1, 0.15) is 46.1 Å². The molecule has 0 spiro atoms. The summed E-state index contributed by atoms with van der Waals surface area (Å²) in [5.74, 6) is 0.395. The first kappa shape index (κ1) is 16.1. The Morgan fingerprint density at radius 1 is 1.22 bits per heavy atom. The van der Waals surface area contributed by atoms with Gasteiger partial charge in [-0.2, -0.15) is 0 Å². The Morgan fingerprint density at radius 2 is 1.87 bits per heavy atom. The van der Waals surface area contributed by atoms with Crippen molar-refractivity contribution < 1.29 is 4.79 Å². The molecule has 1 fully saturated rings. The smallest absolute Gasteiger partial charge is 0.231 e. The van der Waals surface area contributed by atoms with Gasteiger partial charge in [0.2, 0.25) is 11.0 Å². The largest absolute Gasteiger partial charge is 0.287 e. The van der Waals surface area contributed by atoms with E-state index in [0.717, 1.165) is 23.4 Å². The van der Waals surface area contributed by atoms with Crippen LogP contribution in [0.3, 0.4) is 0 Å². The van der Waals surface area contributed by atoms with Crippen molar-refractivity contribution in [3.8, 4) is 10.6 Å². The van der Waals surface area contributed by atoms with Gasteiger partial charge in [-0.3, -0.25) is 9.69 Å². The fourth-order valence-electron chi connectivity index (χ4n) is 2.49. The van der Waals surface area contributed by atoms with E-state index in [-0.39, 0.29) is 17.2 Å². The van der Waals surface area contributed by atoms with Crippen LogP contribution in [0, 0.1) is 5.92 Å². The number of benzene rings is 1. The Labute approximate surface area is 141 Å². The molecule has 0 saturated heterocycles. The second kappa shape index (κ2) is 6.04. The molecule has 1 saturated carbocycles. The molecular weight excluding hydrogens is 306 g/mol. The molecule has 0 unspecified atom stereocenters. The number of anilines is 1. The highest BCUT2D eigenvalue weighted by atomic mass is 32.1. The van der Waals surface area contributed by atoms with Gasteiger partial charge in [-0.15, -0.1) is 10.2 Å². The highest BCUT2D eigenvalue weighted by Crippen LogP contribution is 2.35. The maximum atomic E-state index is 12.3. The van der Waals surface area contributed by atoms with Gasteiger partial charge in [0.25, 0.3) is 0 Å². The molecule has 0 bridgehead atoms. The Morgan fingerprint density at radius 3 is 2.39 bits per heavy atom. The van der Waals surface area contributed by atoms with E-state index in [9.17, 15) is 4.79 Å². The van der Waals surface area contributed by atoms with Gasteiger partial charge in [-0.1, -0.05) is 56.4 Å². The van der Waals surface area contributed by atoms with Gasteiger partial charge in [-0.25, -0.2) is 0 Å². The lowest BCUT2D eigenvalue weighted by Gasteiger charge is -2.18. The van der Waals surface area contributed by atoms with Crippen LogP contribution in [-0.4, -0.2) is 22.6 Å². The Bertz CT molecular complexity index is 696. The third-order valence-corrected chi connectivity index (χ3v) is 5.15. The van der Waals surface area contributed by atoms with Crippen LogP contribution < -0.4 is 4.90 Å². The van der Waals surface area contributed by atoms with Gasteiger partial charge in [0, 0.05) is 18.0 Å². The zero-order chi connectivity index (χ0) is 16.6. The van der Waals surface area contributed by atoms with Crippen molar-refractivity contribution in [2.45, 2.75) is 46.0 Å². The molecule has 1 aromatic heterocycles. The highest BCUT2D eigenvalue weighted by molar-refractivity contribution is 7.18. The average molecular weight is 329 g/mol. The molecule has 122 valence electrons. The summed E-state index contributed by atoms with van der Waals surface area (Å²) in [6.45, 7) is 9.24. The van der Waals surface area contributed by atoms with Gasteiger partial charge in [0.1, 0.15) is 5.01 Å². The predicted molar refractivity (Wildman–Crippen MR) is 94.8 cm³/mol. The topological polar surface area (TPSA) is 46.1 Å². The molecule has 3 rings (SSSR count). The third-order valence-electron chi connectivity index (χ3n) is 4.15. The molecule has 23 heavy (non-hydrogen) atoms. The second-order valence-corrected chi connectivity index (χ2v) is 8.03. The lowest BCUT2D eigenvalue weighted by atomic mass is 9.87.